The Kier molecular flexibility index (Phi) is 8.38. The number of unbranched alkanes of at least 4 members (excludes halogenated alkanes) is 1. The van der Waals surface area contributed by atoms with Gasteiger partial charge in [-0.05, 0) is 56.4 Å². The topological polar surface area (TPSA) is 39.7 Å². The summed E-state index contributed by atoms with van der Waals surface area (Å²) in [6.45, 7) is 5.60. The number of hydrogen-bond donors (Lipinski definition) is 2. The number of benzene rings is 2. The minimum Gasteiger partial charge on any atom is -0.356 e. The molecule has 4 nitrogen and oxygen atoms in total. The summed E-state index contributed by atoms with van der Waals surface area (Å²) >= 11 is 0. The summed E-state index contributed by atoms with van der Waals surface area (Å²) in [5, 5.41) is 7.00. The Morgan fingerprint density at radius 3 is 2.07 bits per heavy atom. The highest BCUT2D eigenvalue weighted by Gasteiger charge is 2.14. The highest BCUT2D eigenvalue weighted by molar-refractivity contribution is 5.79. The first kappa shape index (κ1) is 20.4. The molecular formula is C24H34N4. The molecule has 1 heterocycles. The molecule has 0 aromatic heterocycles. The van der Waals surface area contributed by atoms with E-state index in [0.717, 1.165) is 19.0 Å². The Balaban J connectivity index is 1.47. The second kappa shape index (κ2) is 11.5. The Bertz CT molecular complexity index is 654. The molecule has 0 radical (unpaired) electrons. The summed E-state index contributed by atoms with van der Waals surface area (Å²) < 4.78 is 0. The van der Waals surface area contributed by atoms with Gasteiger partial charge in [-0.1, -0.05) is 60.7 Å². The largest absolute Gasteiger partial charge is 0.356 e. The van der Waals surface area contributed by atoms with Crippen molar-refractivity contribution in [3.05, 3.63) is 71.8 Å². The Hall–Kier alpha value is -2.33. The molecule has 0 spiro atoms. The van der Waals surface area contributed by atoms with E-state index >= 15 is 0 Å². The molecule has 1 fully saturated rings. The first-order chi connectivity index (χ1) is 13.9. The Labute approximate surface area is 170 Å². The summed E-state index contributed by atoms with van der Waals surface area (Å²) in [5.41, 5.74) is 2.64. The van der Waals surface area contributed by atoms with Gasteiger partial charge in [0, 0.05) is 26.1 Å². The standard InChI is InChI=1S/C24H34N4/c1-25-24(26-16-8-9-17-28-18-10-11-19-28)27-20-23(21-12-4-2-5-13-21)22-14-6-3-7-15-22/h2-7,12-15,23H,8-11,16-20H2,1H3,(H2,25,26,27). The van der Waals surface area contributed by atoms with E-state index in [1.54, 1.807) is 0 Å². The van der Waals surface area contributed by atoms with Crippen molar-refractivity contribution in [2.45, 2.75) is 31.6 Å². The summed E-state index contributed by atoms with van der Waals surface area (Å²) in [6.07, 6.45) is 5.18. The maximum absolute atomic E-state index is 4.41. The van der Waals surface area contributed by atoms with Gasteiger partial charge in [-0.2, -0.15) is 0 Å². The number of guanidine groups is 1. The second-order valence-electron chi connectivity index (χ2n) is 7.51. The maximum atomic E-state index is 4.41. The summed E-state index contributed by atoms with van der Waals surface area (Å²) in [6, 6.07) is 21.4. The first-order valence-electron chi connectivity index (χ1n) is 10.6. The molecule has 2 aromatic carbocycles. The van der Waals surface area contributed by atoms with E-state index in [4.69, 9.17) is 0 Å². The van der Waals surface area contributed by atoms with Gasteiger partial charge in [0.2, 0.25) is 0 Å². The van der Waals surface area contributed by atoms with Gasteiger partial charge in [0.15, 0.2) is 5.96 Å². The Morgan fingerprint density at radius 1 is 0.893 bits per heavy atom. The fourth-order valence-electron chi connectivity index (χ4n) is 3.89. The van der Waals surface area contributed by atoms with Crippen LogP contribution in [0.2, 0.25) is 0 Å². The summed E-state index contributed by atoms with van der Waals surface area (Å²) in [4.78, 5) is 6.99. The van der Waals surface area contributed by atoms with Crippen LogP contribution in [0.5, 0.6) is 0 Å². The molecule has 28 heavy (non-hydrogen) atoms. The van der Waals surface area contributed by atoms with Crippen LogP contribution in [0.25, 0.3) is 0 Å². The lowest BCUT2D eigenvalue weighted by Crippen LogP contribution is -2.40. The van der Waals surface area contributed by atoms with Crippen molar-refractivity contribution in [1.29, 1.82) is 0 Å². The first-order valence-corrected chi connectivity index (χ1v) is 10.6. The fraction of sp³-hybridized carbons (Fsp3) is 0.458. The van der Waals surface area contributed by atoms with E-state index in [1.807, 2.05) is 7.05 Å². The number of nitrogens with zero attached hydrogens (tertiary/aromatic N) is 2. The number of hydrogen-bond acceptors (Lipinski definition) is 2. The van der Waals surface area contributed by atoms with Gasteiger partial charge >= 0.3 is 0 Å². The lowest BCUT2D eigenvalue weighted by Gasteiger charge is -2.21. The molecule has 0 unspecified atom stereocenters. The lowest BCUT2D eigenvalue weighted by molar-refractivity contribution is 0.330. The van der Waals surface area contributed by atoms with Crippen molar-refractivity contribution in [3.63, 3.8) is 0 Å². The van der Waals surface area contributed by atoms with Crippen molar-refractivity contribution in [3.8, 4) is 0 Å². The monoisotopic (exact) mass is 378 g/mol. The van der Waals surface area contributed by atoms with Crippen molar-refractivity contribution < 1.29 is 0 Å². The highest BCUT2D eigenvalue weighted by Crippen LogP contribution is 2.23. The van der Waals surface area contributed by atoms with E-state index in [9.17, 15) is 0 Å². The molecule has 0 aliphatic carbocycles. The van der Waals surface area contributed by atoms with Crippen LogP contribution in [0, 0.1) is 0 Å². The smallest absolute Gasteiger partial charge is 0.191 e. The van der Waals surface area contributed by atoms with Crippen molar-refractivity contribution in [2.75, 3.05) is 39.8 Å². The molecule has 1 saturated heterocycles. The zero-order chi connectivity index (χ0) is 19.4. The molecule has 0 amide bonds. The summed E-state index contributed by atoms with van der Waals surface area (Å²) in [5.74, 6) is 1.19. The maximum Gasteiger partial charge on any atom is 0.191 e. The van der Waals surface area contributed by atoms with Crippen LogP contribution < -0.4 is 10.6 Å². The van der Waals surface area contributed by atoms with Crippen LogP contribution in [0.4, 0.5) is 0 Å². The average Bonchev–Trinajstić information content (AvgIpc) is 3.27. The van der Waals surface area contributed by atoms with Crippen LogP contribution in [-0.2, 0) is 0 Å². The van der Waals surface area contributed by atoms with Crippen LogP contribution in [0.3, 0.4) is 0 Å². The molecule has 0 bridgehead atoms. The molecule has 4 heteroatoms. The van der Waals surface area contributed by atoms with E-state index in [0.29, 0.717) is 5.92 Å². The van der Waals surface area contributed by atoms with Gasteiger partial charge in [-0.25, -0.2) is 0 Å². The van der Waals surface area contributed by atoms with E-state index in [-0.39, 0.29) is 0 Å². The van der Waals surface area contributed by atoms with Gasteiger partial charge in [0.25, 0.3) is 0 Å². The van der Waals surface area contributed by atoms with Gasteiger partial charge in [0.05, 0.1) is 0 Å². The van der Waals surface area contributed by atoms with E-state index in [2.05, 4.69) is 81.2 Å². The van der Waals surface area contributed by atoms with Crippen molar-refractivity contribution in [1.82, 2.24) is 15.5 Å². The zero-order valence-corrected chi connectivity index (χ0v) is 17.1. The predicted molar refractivity (Wildman–Crippen MR) is 119 cm³/mol. The molecule has 0 atom stereocenters. The third-order valence-electron chi connectivity index (χ3n) is 5.49. The van der Waals surface area contributed by atoms with Gasteiger partial charge in [0.1, 0.15) is 0 Å². The minimum absolute atomic E-state index is 0.302. The molecule has 0 saturated carbocycles. The van der Waals surface area contributed by atoms with Crippen LogP contribution >= 0.6 is 0 Å². The number of nitrogens with one attached hydrogen (secondary N) is 2. The molecule has 2 N–H and O–H groups in total. The van der Waals surface area contributed by atoms with E-state index < -0.39 is 0 Å². The number of rotatable bonds is 9. The molecule has 150 valence electrons. The molecule has 2 aromatic rings. The zero-order valence-electron chi connectivity index (χ0n) is 17.1. The quantitative estimate of drug-likeness (QED) is 0.395. The van der Waals surface area contributed by atoms with Crippen molar-refractivity contribution in [2.24, 2.45) is 4.99 Å². The Morgan fingerprint density at radius 2 is 1.50 bits per heavy atom. The van der Waals surface area contributed by atoms with Crippen LogP contribution in [0.15, 0.2) is 65.7 Å². The molecule has 3 rings (SSSR count). The highest BCUT2D eigenvalue weighted by atomic mass is 15.2. The number of likely N-dealkylation sites (tertiary alicyclic amines) is 1. The average molecular weight is 379 g/mol. The van der Waals surface area contributed by atoms with E-state index in [1.165, 1.54) is 56.4 Å². The second-order valence-corrected chi connectivity index (χ2v) is 7.51. The number of aliphatic imine (C=N–C) groups is 1. The fourth-order valence-corrected chi connectivity index (χ4v) is 3.89. The molecule has 1 aliphatic rings. The van der Waals surface area contributed by atoms with Crippen molar-refractivity contribution >= 4 is 5.96 Å². The predicted octanol–water partition coefficient (Wildman–Crippen LogP) is 3.86. The minimum atomic E-state index is 0.302. The third kappa shape index (κ3) is 6.38. The molecule has 1 aliphatic heterocycles. The van der Waals surface area contributed by atoms with Gasteiger partial charge in [-0.3, -0.25) is 4.99 Å². The van der Waals surface area contributed by atoms with Gasteiger partial charge < -0.3 is 15.5 Å². The molecular weight excluding hydrogens is 344 g/mol. The van der Waals surface area contributed by atoms with Crippen LogP contribution in [0.1, 0.15) is 42.7 Å². The lowest BCUT2D eigenvalue weighted by atomic mass is 9.91. The third-order valence-corrected chi connectivity index (χ3v) is 5.49. The normalized spacial score (nSPS) is 15.1. The SMILES string of the molecule is CN=C(NCCCCN1CCCC1)NCC(c1ccccc1)c1ccccc1. The van der Waals surface area contributed by atoms with Crippen LogP contribution in [-0.4, -0.2) is 50.6 Å². The summed E-state index contributed by atoms with van der Waals surface area (Å²) in [7, 11) is 1.85. The van der Waals surface area contributed by atoms with Gasteiger partial charge in [-0.15, -0.1) is 0 Å².